The van der Waals surface area contributed by atoms with Crippen molar-refractivity contribution in [3.05, 3.63) is 52.5 Å². The standard InChI is InChI=1S/C22H17ClF6O3/c23-16-8-14(20(18(30)31)9-19(10-20)5-6-19)7-15(17(16)32-11-21(24,25)26)12-1-3-13(4-2-12)22(27,28)29/h1-4,7-8H,5-6,9-11H2,(H,30,31). The fourth-order valence-electron chi connectivity index (χ4n) is 4.46. The fourth-order valence-corrected chi connectivity index (χ4v) is 4.74. The van der Waals surface area contributed by atoms with E-state index < -0.39 is 35.9 Å². The molecule has 2 aliphatic carbocycles. The molecule has 32 heavy (non-hydrogen) atoms. The number of hydrogen-bond donors (Lipinski definition) is 1. The molecule has 0 bridgehead atoms. The second kappa shape index (κ2) is 7.30. The van der Waals surface area contributed by atoms with Crippen LogP contribution in [0.5, 0.6) is 5.75 Å². The summed E-state index contributed by atoms with van der Waals surface area (Å²) >= 11 is 6.23. The highest BCUT2D eigenvalue weighted by atomic mass is 35.5. The van der Waals surface area contributed by atoms with Crippen LogP contribution in [0.4, 0.5) is 26.3 Å². The van der Waals surface area contributed by atoms with E-state index in [0.717, 1.165) is 37.1 Å². The molecule has 2 aliphatic rings. The maximum atomic E-state index is 12.9. The summed E-state index contributed by atoms with van der Waals surface area (Å²) in [6.07, 6.45) is -6.69. The Balaban J connectivity index is 1.80. The minimum absolute atomic E-state index is 0.00264. The van der Waals surface area contributed by atoms with Gasteiger partial charge in [-0.05, 0) is 66.5 Å². The molecule has 3 nitrogen and oxygen atoms in total. The summed E-state index contributed by atoms with van der Waals surface area (Å²) in [6, 6.07) is 6.41. The smallest absolute Gasteiger partial charge is 0.422 e. The van der Waals surface area contributed by atoms with Crippen LogP contribution in [-0.4, -0.2) is 23.9 Å². The maximum absolute atomic E-state index is 12.9. The van der Waals surface area contributed by atoms with Gasteiger partial charge in [-0.15, -0.1) is 0 Å². The van der Waals surface area contributed by atoms with Crippen molar-refractivity contribution in [1.29, 1.82) is 0 Å². The van der Waals surface area contributed by atoms with Crippen LogP contribution in [0.15, 0.2) is 36.4 Å². The zero-order chi connectivity index (χ0) is 23.5. The van der Waals surface area contributed by atoms with Crippen molar-refractivity contribution in [1.82, 2.24) is 0 Å². The predicted molar refractivity (Wildman–Crippen MR) is 104 cm³/mol. The number of rotatable bonds is 5. The highest BCUT2D eigenvalue weighted by Gasteiger charge is 2.65. The van der Waals surface area contributed by atoms with Gasteiger partial charge in [-0.25, -0.2) is 0 Å². The number of benzene rings is 2. The summed E-state index contributed by atoms with van der Waals surface area (Å²) in [4.78, 5) is 12.1. The van der Waals surface area contributed by atoms with E-state index in [4.69, 9.17) is 16.3 Å². The monoisotopic (exact) mass is 478 g/mol. The zero-order valence-electron chi connectivity index (χ0n) is 16.4. The Hall–Kier alpha value is -2.42. The summed E-state index contributed by atoms with van der Waals surface area (Å²) in [5, 5.41) is 9.67. The Morgan fingerprint density at radius 1 is 1.03 bits per heavy atom. The van der Waals surface area contributed by atoms with Crippen LogP contribution in [-0.2, 0) is 16.4 Å². The van der Waals surface area contributed by atoms with E-state index in [1.807, 2.05) is 0 Å². The van der Waals surface area contributed by atoms with Crippen molar-refractivity contribution in [3.63, 3.8) is 0 Å². The number of carboxylic acids is 1. The van der Waals surface area contributed by atoms with Crippen LogP contribution in [0.2, 0.25) is 5.02 Å². The molecule has 0 aliphatic heterocycles. The Morgan fingerprint density at radius 2 is 1.62 bits per heavy atom. The summed E-state index contributed by atoms with van der Waals surface area (Å²) in [6.45, 7) is -1.66. The highest BCUT2D eigenvalue weighted by molar-refractivity contribution is 6.32. The van der Waals surface area contributed by atoms with Gasteiger partial charge < -0.3 is 9.84 Å². The third kappa shape index (κ3) is 4.14. The number of ether oxygens (including phenoxy) is 1. The SMILES string of the molecule is O=C(O)C1(c2cc(Cl)c(OCC(F)(F)F)c(-c3ccc(C(F)(F)F)cc3)c2)CC2(CC2)C1. The minimum Gasteiger partial charge on any atom is -0.482 e. The number of hydrogen-bond acceptors (Lipinski definition) is 2. The predicted octanol–water partition coefficient (Wildman–Crippen LogP) is 6.86. The van der Waals surface area contributed by atoms with Crippen LogP contribution in [0.25, 0.3) is 11.1 Å². The first kappa shape index (κ1) is 22.8. The Morgan fingerprint density at radius 3 is 2.09 bits per heavy atom. The lowest BCUT2D eigenvalue weighted by Gasteiger charge is -2.46. The van der Waals surface area contributed by atoms with Gasteiger partial charge >= 0.3 is 18.3 Å². The van der Waals surface area contributed by atoms with E-state index in [-0.39, 0.29) is 27.3 Å². The molecule has 10 heteroatoms. The molecule has 172 valence electrons. The van der Waals surface area contributed by atoms with E-state index in [0.29, 0.717) is 18.4 Å². The number of alkyl halides is 6. The molecular weight excluding hydrogens is 462 g/mol. The Kier molecular flexibility index (Phi) is 5.19. The van der Waals surface area contributed by atoms with Crippen molar-refractivity contribution >= 4 is 17.6 Å². The van der Waals surface area contributed by atoms with Crippen LogP contribution >= 0.6 is 11.6 Å². The lowest BCUT2D eigenvalue weighted by Crippen LogP contribution is -2.49. The lowest BCUT2D eigenvalue weighted by molar-refractivity contribution is -0.153. The molecule has 0 unspecified atom stereocenters. The fraction of sp³-hybridized carbons (Fsp3) is 0.409. The largest absolute Gasteiger partial charge is 0.482 e. The average molecular weight is 479 g/mol. The molecule has 0 amide bonds. The molecule has 0 heterocycles. The first-order chi connectivity index (χ1) is 14.7. The van der Waals surface area contributed by atoms with E-state index in [1.54, 1.807) is 0 Å². The molecule has 0 saturated heterocycles. The summed E-state index contributed by atoms with van der Waals surface area (Å²) in [5.41, 5.74) is -1.78. The van der Waals surface area contributed by atoms with Crippen molar-refractivity contribution in [2.24, 2.45) is 5.41 Å². The lowest BCUT2D eigenvalue weighted by atomic mass is 9.56. The van der Waals surface area contributed by atoms with E-state index >= 15 is 0 Å². The topological polar surface area (TPSA) is 46.5 Å². The Labute approximate surface area is 183 Å². The number of carboxylic acid groups (broad SMARTS) is 1. The number of aliphatic carboxylic acids is 1. The molecule has 0 atom stereocenters. The molecule has 2 fully saturated rings. The number of halogens is 7. The summed E-state index contributed by atoms with van der Waals surface area (Å²) in [5.74, 6) is -1.44. The van der Waals surface area contributed by atoms with Crippen molar-refractivity contribution in [2.75, 3.05) is 6.61 Å². The molecular formula is C22H17ClF6O3. The zero-order valence-corrected chi connectivity index (χ0v) is 17.2. The normalized spacial score (nSPS) is 18.8. The van der Waals surface area contributed by atoms with Crippen molar-refractivity contribution in [3.8, 4) is 16.9 Å². The maximum Gasteiger partial charge on any atom is 0.422 e. The quantitative estimate of drug-likeness (QED) is 0.477. The van der Waals surface area contributed by atoms with Gasteiger partial charge in [0.25, 0.3) is 0 Å². The summed E-state index contributed by atoms with van der Waals surface area (Å²) < 4.78 is 81.9. The van der Waals surface area contributed by atoms with Crippen LogP contribution in [0.3, 0.4) is 0 Å². The molecule has 0 radical (unpaired) electrons. The molecule has 2 aromatic rings. The molecule has 1 N–H and O–H groups in total. The Bertz CT molecular complexity index is 1050. The van der Waals surface area contributed by atoms with E-state index in [9.17, 15) is 36.2 Å². The van der Waals surface area contributed by atoms with Gasteiger partial charge in [0.2, 0.25) is 0 Å². The molecule has 1 spiro atoms. The second-order valence-corrected chi connectivity index (χ2v) is 8.96. The second-order valence-electron chi connectivity index (χ2n) is 8.55. The van der Waals surface area contributed by atoms with Gasteiger partial charge in [0.05, 0.1) is 16.0 Å². The van der Waals surface area contributed by atoms with Gasteiger partial charge in [-0.3, -0.25) is 4.79 Å². The molecule has 2 saturated carbocycles. The minimum atomic E-state index is -4.67. The average Bonchev–Trinajstić information content (AvgIpc) is 3.44. The van der Waals surface area contributed by atoms with E-state index in [1.165, 1.54) is 12.1 Å². The van der Waals surface area contributed by atoms with Crippen molar-refractivity contribution < 1.29 is 41.0 Å². The third-order valence-electron chi connectivity index (χ3n) is 6.22. The van der Waals surface area contributed by atoms with Gasteiger partial charge in [0.1, 0.15) is 5.75 Å². The van der Waals surface area contributed by atoms with Gasteiger partial charge in [-0.1, -0.05) is 23.7 Å². The van der Waals surface area contributed by atoms with Crippen LogP contribution in [0, 0.1) is 5.41 Å². The summed E-state index contributed by atoms with van der Waals surface area (Å²) in [7, 11) is 0. The molecule has 2 aromatic carbocycles. The highest BCUT2D eigenvalue weighted by Crippen LogP contribution is 2.69. The van der Waals surface area contributed by atoms with Gasteiger partial charge in [-0.2, -0.15) is 26.3 Å². The number of carbonyl (C=O) groups is 1. The van der Waals surface area contributed by atoms with Crippen molar-refractivity contribution in [2.45, 2.75) is 43.5 Å². The third-order valence-corrected chi connectivity index (χ3v) is 6.50. The van der Waals surface area contributed by atoms with E-state index in [2.05, 4.69) is 0 Å². The first-order valence-electron chi connectivity index (χ1n) is 9.69. The first-order valence-corrected chi connectivity index (χ1v) is 10.1. The molecule has 0 aromatic heterocycles. The van der Waals surface area contributed by atoms with Gasteiger partial charge in [0, 0.05) is 5.56 Å². The van der Waals surface area contributed by atoms with Crippen LogP contribution < -0.4 is 4.74 Å². The van der Waals surface area contributed by atoms with Crippen LogP contribution in [0.1, 0.15) is 36.8 Å². The van der Waals surface area contributed by atoms with Gasteiger partial charge in [0.15, 0.2) is 6.61 Å². The molecule has 4 rings (SSSR count).